The summed E-state index contributed by atoms with van der Waals surface area (Å²) in [5, 5.41) is 24.7. The van der Waals surface area contributed by atoms with Crippen molar-refractivity contribution in [2.75, 3.05) is 106 Å². The van der Waals surface area contributed by atoms with Crippen LogP contribution in [0.1, 0.15) is 114 Å². The molecule has 0 amide bonds. The van der Waals surface area contributed by atoms with E-state index >= 15 is 0 Å². The summed E-state index contributed by atoms with van der Waals surface area (Å²) in [7, 11) is 0. The molecule has 8 aromatic carbocycles. The van der Waals surface area contributed by atoms with Gasteiger partial charge in [-0.3, -0.25) is 9.80 Å². The molecule has 5 aliphatic rings. The molecule has 0 aromatic heterocycles. The Hall–Kier alpha value is -4.93. The van der Waals surface area contributed by atoms with Gasteiger partial charge in [0.1, 0.15) is 47.9 Å². The monoisotopic (exact) mass is 1700 g/mol. The number of anilines is 3. The van der Waals surface area contributed by atoms with Crippen LogP contribution in [-0.2, 0) is 36.8 Å². The molecule has 590 valence electrons. The van der Waals surface area contributed by atoms with E-state index in [0.29, 0.717) is 39.8 Å². The van der Waals surface area contributed by atoms with E-state index in [-0.39, 0.29) is 138 Å². The van der Waals surface area contributed by atoms with Crippen LogP contribution in [0.25, 0.3) is 0 Å². The van der Waals surface area contributed by atoms with Crippen molar-refractivity contribution in [3.8, 4) is 17.2 Å². The van der Waals surface area contributed by atoms with Gasteiger partial charge in [-0.1, -0.05) is 159 Å². The topological polar surface area (TPSA) is 150 Å². The zero-order chi connectivity index (χ0) is 77.6. The number of hydrogen-bond acceptors (Lipinski definition) is 16. The van der Waals surface area contributed by atoms with Crippen LogP contribution in [0.15, 0.2) is 188 Å². The maximum absolute atomic E-state index is 13.8. The maximum atomic E-state index is 13.8. The fraction of sp³-hybridized carbons (Fsp3) is 0.417. The number of carbonyl (C=O) groups excluding carboxylic acids is 1. The summed E-state index contributed by atoms with van der Waals surface area (Å²) >= 11 is 33.0. The fourth-order valence-electron chi connectivity index (χ4n) is 14.1. The Morgan fingerprint density at radius 3 is 1.35 bits per heavy atom. The molecule has 5 heterocycles. The fourth-order valence-corrected chi connectivity index (χ4v) is 15.3. The van der Waals surface area contributed by atoms with Crippen molar-refractivity contribution in [3.63, 3.8) is 0 Å². The van der Waals surface area contributed by atoms with Gasteiger partial charge >= 0.3 is 56.8 Å². The first-order chi connectivity index (χ1) is 52.7. The van der Waals surface area contributed by atoms with Crippen molar-refractivity contribution in [3.05, 3.63) is 248 Å². The summed E-state index contributed by atoms with van der Waals surface area (Å²) in [6.07, 6.45) is 6.63. The Morgan fingerprint density at radius 1 is 0.545 bits per heavy atom. The molecule has 0 radical (unpaired) electrons. The van der Waals surface area contributed by atoms with Gasteiger partial charge in [0.25, 0.3) is 0 Å². The van der Waals surface area contributed by atoms with Crippen LogP contribution in [0.2, 0.25) is 15.1 Å². The predicted octanol–water partition coefficient (Wildman–Crippen LogP) is 16.9. The Labute approximate surface area is 723 Å². The summed E-state index contributed by atoms with van der Waals surface area (Å²) in [6, 6.07) is 58.3. The molecule has 16 nitrogen and oxygen atoms in total. The van der Waals surface area contributed by atoms with Crippen LogP contribution < -0.4 is 80.9 Å². The molecule has 5 aliphatic heterocycles. The molecule has 0 aliphatic carbocycles. The third-order valence-corrected chi connectivity index (χ3v) is 20.3. The number of hydrogen-bond donors (Lipinski definition) is 3. The summed E-state index contributed by atoms with van der Waals surface area (Å²) in [6.45, 7) is 18.2. The summed E-state index contributed by atoms with van der Waals surface area (Å²) in [4.78, 5) is 21.5. The average molecular weight is 1710 g/mol. The number of nitrogens with one attached hydrogen (secondary N) is 1. The van der Waals surface area contributed by atoms with Crippen LogP contribution in [0.4, 0.5) is 35.0 Å². The van der Waals surface area contributed by atoms with E-state index < -0.39 is 11.0 Å². The van der Waals surface area contributed by atoms with E-state index in [1.54, 1.807) is 18.2 Å². The Bertz CT molecular complexity index is 4000. The number of aromatic hydroxyl groups is 1. The van der Waals surface area contributed by atoms with E-state index in [4.69, 9.17) is 91.5 Å². The van der Waals surface area contributed by atoms with E-state index in [0.717, 1.165) is 137 Å². The van der Waals surface area contributed by atoms with Crippen LogP contribution >= 0.6 is 73.9 Å². The SMILES string of the molecule is BrCCOC1CCCCO1.CC(Cl)OC(=O)Cl.C[C@@H]1CN(Cc2ccccc2)C[C@@H](c2ccc(F)cc2)N1c1ccc(O)cc1Cl.C[C@@H]1CN(Cc2ccccc2)C[C@@H](c2ccc(F)cc2)N1c1ccc(OCCOC2CCCCO2)cc1Cl.C[C@@H]1CNC[C@@H](c2ccc(F)cc2)N1c1ccc(OCCO)cc1Cl.[H-].[K+]. The molecular weight excluding hydrogens is 1610 g/mol. The van der Waals surface area contributed by atoms with Crippen LogP contribution in [0.5, 0.6) is 17.2 Å². The number of phenols is 1. The molecule has 13 rings (SSSR count). The Kier molecular flexibility index (Phi) is 39.4. The second kappa shape index (κ2) is 47.8. The third kappa shape index (κ3) is 28.8. The van der Waals surface area contributed by atoms with Crippen molar-refractivity contribution >= 4 is 96.4 Å². The van der Waals surface area contributed by atoms with Crippen molar-refractivity contribution in [2.24, 2.45) is 0 Å². The molecule has 5 fully saturated rings. The third-order valence-electron chi connectivity index (χ3n) is 18.9. The summed E-state index contributed by atoms with van der Waals surface area (Å²) < 4.78 is 78.2. The van der Waals surface area contributed by atoms with E-state index in [1.807, 2.05) is 84.9 Å². The van der Waals surface area contributed by atoms with Crippen LogP contribution in [0, 0.1) is 17.5 Å². The standard InChI is InChI=1S/C31H36ClFN2O3.C24H24ClFN2O.C19H22ClFN2O2.C7H13BrO2.C3H4Cl2O2.K.H/c1-23-20-34(21-24-7-3-2-4-8-24)22-30(25-10-12-26(33)13-11-25)35(23)29-15-14-27(19-28(29)32)36-17-18-38-31-9-5-6-16-37-31;1-17-14-27(15-18-5-3-2-4-6-18)16-24(19-7-9-20(26)10-8-19)28(17)23-12-11-21(29)13-22(23)25;1-13-11-22-12-19(14-2-4-15(21)5-3-14)23(13)18-7-6-16(10-17(18)20)25-9-8-24;8-4-6-10-7-3-1-2-5-9-7;1-2(4)7-3(5)6;;/h2-4,7-8,10-15,19,23,30-31H,5-6,9,16-18,20-22H2,1H3;2-13,17,24,29H,14-16H2,1H3;2-7,10,13,19,22,24H,8-9,11-12H2,1H3;7H,1-6H2;2H,1H3;;/q;;;;;+1;-1/t23-,30+,31?;17-,24+;13-,19+;;;;/m111..../s1. The first kappa shape index (κ1) is 90.6. The molecule has 3 N–H and O–H groups in total. The number of carbonyl (C=O) groups is 1. The molecule has 0 spiro atoms. The Morgan fingerprint density at radius 2 is 0.964 bits per heavy atom. The molecule has 9 atom stereocenters. The predicted molar refractivity (Wildman–Crippen MR) is 435 cm³/mol. The second-order valence-electron chi connectivity index (χ2n) is 27.2. The first-order valence-corrected chi connectivity index (χ1v) is 40.1. The molecular formula is C84H100BrCl5F3KN6O10. The van der Waals surface area contributed by atoms with Crippen LogP contribution in [0.3, 0.4) is 0 Å². The number of piperazine rings is 3. The van der Waals surface area contributed by atoms with Crippen molar-refractivity contribution in [1.29, 1.82) is 0 Å². The zero-order valence-electron chi connectivity index (χ0n) is 63.9. The molecule has 8 aromatic rings. The molecule has 110 heavy (non-hydrogen) atoms. The van der Waals surface area contributed by atoms with E-state index in [9.17, 15) is 23.1 Å². The number of rotatable bonds is 22. The van der Waals surface area contributed by atoms with Gasteiger partial charge in [0.05, 0.1) is 70.1 Å². The minimum absolute atomic E-state index is 0. The van der Waals surface area contributed by atoms with Gasteiger partial charge in [0.2, 0.25) is 0 Å². The van der Waals surface area contributed by atoms with E-state index in [2.05, 4.69) is 120 Å². The molecule has 0 bridgehead atoms. The number of aliphatic hydroxyl groups excluding tert-OH is 1. The van der Waals surface area contributed by atoms with Gasteiger partial charge in [-0.2, -0.15) is 0 Å². The minimum Gasteiger partial charge on any atom is -1.00 e. The van der Waals surface area contributed by atoms with Gasteiger partial charge in [-0.25, -0.2) is 18.0 Å². The van der Waals surface area contributed by atoms with Gasteiger partial charge < -0.3 is 64.8 Å². The molecule has 3 unspecified atom stereocenters. The van der Waals surface area contributed by atoms with Gasteiger partial charge in [-0.15, -0.1) is 0 Å². The number of nitrogens with zero attached hydrogens (tertiary/aromatic N) is 5. The van der Waals surface area contributed by atoms with E-state index in [1.165, 1.54) is 67.3 Å². The zero-order valence-corrected chi connectivity index (χ0v) is 71.4. The van der Waals surface area contributed by atoms with Gasteiger partial charge in [0.15, 0.2) is 18.1 Å². The number of aliphatic hydroxyl groups is 1. The van der Waals surface area contributed by atoms with Crippen molar-refractivity contribution in [2.45, 2.75) is 134 Å². The van der Waals surface area contributed by atoms with Crippen molar-refractivity contribution < 1.29 is 114 Å². The normalized spacial score (nSPS) is 20.9. The average Bonchev–Trinajstić information content (AvgIpc) is 0.790. The molecule has 26 heteroatoms. The number of phenolic OH excluding ortho intramolecular Hbond substituents is 1. The summed E-state index contributed by atoms with van der Waals surface area (Å²) in [5.41, 5.74) is 6.94. The second-order valence-corrected chi connectivity index (χ2v) is 30.1. The largest absolute Gasteiger partial charge is 1.00 e. The van der Waals surface area contributed by atoms with Gasteiger partial charge in [0, 0.05) is 119 Å². The summed E-state index contributed by atoms with van der Waals surface area (Å²) in [5.74, 6) is 0.768. The van der Waals surface area contributed by atoms with Crippen LogP contribution in [-0.4, -0.2) is 153 Å². The number of benzene rings is 8. The quantitative estimate of drug-likeness (QED) is 0.0255. The number of alkyl halides is 2. The first-order valence-electron chi connectivity index (χ1n) is 37.0. The minimum atomic E-state index is -0.873. The molecule has 0 saturated carbocycles. The smallest absolute Gasteiger partial charge is 1.00 e. The number of halogens is 9. The van der Waals surface area contributed by atoms with Crippen molar-refractivity contribution in [1.82, 2.24) is 15.1 Å². The number of ether oxygens (including phenoxy) is 7. The molecule has 5 saturated heterocycles. The van der Waals surface area contributed by atoms with Gasteiger partial charge in [-0.05, 0) is 167 Å². The Balaban J connectivity index is 0.000000210. The maximum Gasteiger partial charge on any atom is 1.00 e.